The Hall–Kier alpha value is -0.570. The van der Waals surface area contributed by atoms with Gasteiger partial charge < -0.3 is 11.1 Å². The van der Waals surface area contributed by atoms with Gasteiger partial charge in [-0.15, -0.1) is 0 Å². The summed E-state index contributed by atoms with van der Waals surface area (Å²) in [5, 5.41) is 2.99. The molecule has 0 aliphatic heterocycles. The molecule has 0 saturated heterocycles. The fraction of sp³-hybridized carbons (Fsp3) is 0.909. The second kappa shape index (κ2) is 7.80. The second-order valence-corrected chi connectivity index (χ2v) is 4.12. The quantitative estimate of drug-likeness (QED) is 0.657. The maximum atomic E-state index is 11.4. The molecule has 0 spiro atoms. The molecule has 0 aromatic carbocycles. The van der Waals surface area contributed by atoms with E-state index in [2.05, 4.69) is 19.2 Å². The predicted octanol–water partition coefficient (Wildman–Crippen LogP) is 1.67. The fourth-order valence-electron chi connectivity index (χ4n) is 1.29. The summed E-state index contributed by atoms with van der Waals surface area (Å²) in [5.74, 6) is 0.653. The van der Waals surface area contributed by atoms with Crippen LogP contribution in [0, 0.1) is 5.92 Å². The molecule has 0 heterocycles. The molecule has 3 nitrogen and oxygen atoms in total. The highest BCUT2D eigenvalue weighted by Gasteiger charge is 2.09. The third-order valence-electron chi connectivity index (χ3n) is 2.48. The highest BCUT2D eigenvalue weighted by molar-refractivity contribution is 5.76. The van der Waals surface area contributed by atoms with Crippen LogP contribution in [0.5, 0.6) is 0 Å². The van der Waals surface area contributed by atoms with Crippen molar-refractivity contribution in [3.8, 4) is 0 Å². The van der Waals surface area contributed by atoms with Gasteiger partial charge in [0.1, 0.15) is 0 Å². The maximum Gasteiger partial charge on any atom is 0.220 e. The number of rotatable bonds is 7. The second-order valence-electron chi connectivity index (χ2n) is 4.12. The number of carbonyl (C=O) groups excluding carboxylic acids is 1. The Morgan fingerprint density at radius 3 is 2.57 bits per heavy atom. The highest BCUT2D eigenvalue weighted by atomic mass is 16.1. The van der Waals surface area contributed by atoms with Crippen molar-refractivity contribution in [1.82, 2.24) is 5.32 Å². The van der Waals surface area contributed by atoms with Gasteiger partial charge in [-0.05, 0) is 32.2 Å². The zero-order valence-corrected chi connectivity index (χ0v) is 9.68. The first-order valence-corrected chi connectivity index (χ1v) is 5.59. The van der Waals surface area contributed by atoms with Gasteiger partial charge in [-0.1, -0.05) is 20.3 Å². The first kappa shape index (κ1) is 13.4. The molecule has 0 aliphatic carbocycles. The molecule has 3 N–H and O–H groups in total. The standard InChI is InChI=1S/C11H24N2O/c1-4-9(2)8-11(14)13-10(3)6-5-7-12/h9-10H,4-8,12H2,1-3H3,(H,13,14). The van der Waals surface area contributed by atoms with E-state index in [-0.39, 0.29) is 11.9 Å². The Bertz CT molecular complexity index is 159. The number of amides is 1. The summed E-state index contributed by atoms with van der Waals surface area (Å²) in [7, 11) is 0. The van der Waals surface area contributed by atoms with Crippen molar-refractivity contribution >= 4 is 5.91 Å². The van der Waals surface area contributed by atoms with E-state index in [1.807, 2.05) is 6.92 Å². The minimum atomic E-state index is 0.170. The molecule has 0 bridgehead atoms. The molecule has 84 valence electrons. The third kappa shape index (κ3) is 6.89. The maximum absolute atomic E-state index is 11.4. The molecular formula is C11H24N2O. The van der Waals surface area contributed by atoms with Crippen LogP contribution in [0.25, 0.3) is 0 Å². The minimum Gasteiger partial charge on any atom is -0.354 e. The summed E-state index contributed by atoms with van der Waals surface area (Å²) in [6, 6.07) is 0.259. The van der Waals surface area contributed by atoms with Crippen LogP contribution >= 0.6 is 0 Å². The van der Waals surface area contributed by atoms with Gasteiger partial charge in [-0.2, -0.15) is 0 Å². The molecule has 0 aliphatic rings. The van der Waals surface area contributed by atoms with E-state index in [9.17, 15) is 4.79 Å². The van der Waals surface area contributed by atoms with Crippen LogP contribution in [0.3, 0.4) is 0 Å². The topological polar surface area (TPSA) is 55.1 Å². The van der Waals surface area contributed by atoms with Crippen LogP contribution in [0.4, 0.5) is 0 Å². The molecule has 2 atom stereocenters. The lowest BCUT2D eigenvalue weighted by atomic mass is 10.0. The summed E-state index contributed by atoms with van der Waals surface area (Å²) >= 11 is 0. The van der Waals surface area contributed by atoms with E-state index in [1.54, 1.807) is 0 Å². The Balaban J connectivity index is 3.60. The molecule has 0 aromatic rings. The summed E-state index contributed by atoms with van der Waals surface area (Å²) in [5.41, 5.74) is 5.40. The number of hydrogen-bond acceptors (Lipinski definition) is 2. The lowest BCUT2D eigenvalue weighted by Gasteiger charge is -2.15. The van der Waals surface area contributed by atoms with Gasteiger partial charge in [0.05, 0.1) is 0 Å². The van der Waals surface area contributed by atoms with Gasteiger partial charge in [0.15, 0.2) is 0 Å². The van der Waals surface area contributed by atoms with Gasteiger partial charge in [0, 0.05) is 12.5 Å². The third-order valence-corrected chi connectivity index (χ3v) is 2.48. The van der Waals surface area contributed by atoms with Crippen molar-refractivity contribution in [3.63, 3.8) is 0 Å². The van der Waals surface area contributed by atoms with E-state index in [0.717, 1.165) is 19.3 Å². The lowest BCUT2D eigenvalue weighted by Crippen LogP contribution is -2.33. The molecule has 0 rings (SSSR count). The first-order valence-electron chi connectivity index (χ1n) is 5.59. The van der Waals surface area contributed by atoms with Crippen LogP contribution in [0.2, 0.25) is 0 Å². The Labute approximate surface area is 87.4 Å². The van der Waals surface area contributed by atoms with Crippen LogP contribution in [0.1, 0.15) is 46.5 Å². The largest absolute Gasteiger partial charge is 0.354 e. The van der Waals surface area contributed by atoms with Gasteiger partial charge in [0.25, 0.3) is 0 Å². The van der Waals surface area contributed by atoms with Gasteiger partial charge in [-0.25, -0.2) is 0 Å². The van der Waals surface area contributed by atoms with Crippen molar-refractivity contribution in [3.05, 3.63) is 0 Å². The van der Waals surface area contributed by atoms with Crippen LogP contribution in [0.15, 0.2) is 0 Å². The average Bonchev–Trinajstić information content (AvgIpc) is 2.14. The number of nitrogens with two attached hydrogens (primary N) is 1. The number of nitrogens with one attached hydrogen (secondary N) is 1. The van der Waals surface area contributed by atoms with E-state index >= 15 is 0 Å². The van der Waals surface area contributed by atoms with Gasteiger partial charge in [-0.3, -0.25) is 4.79 Å². The first-order chi connectivity index (χ1) is 6.60. The van der Waals surface area contributed by atoms with Crippen molar-refractivity contribution in [2.75, 3.05) is 6.54 Å². The van der Waals surface area contributed by atoms with Crippen molar-refractivity contribution in [2.45, 2.75) is 52.5 Å². The van der Waals surface area contributed by atoms with E-state index in [1.165, 1.54) is 0 Å². The highest BCUT2D eigenvalue weighted by Crippen LogP contribution is 2.06. The van der Waals surface area contributed by atoms with Gasteiger partial charge in [0.2, 0.25) is 5.91 Å². The molecule has 0 radical (unpaired) electrons. The molecule has 1 amide bonds. The molecule has 0 aromatic heterocycles. The summed E-state index contributed by atoms with van der Waals surface area (Å²) < 4.78 is 0. The monoisotopic (exact) mass is 200 g/mol. The van der Waals surface area contributed by atoms with Crippen LogP contribution < -0.4 is 11.1 Å². The number of hydrogen-bond donors (Lipinski definition) is 2. The van der Waals surface area contributed by atoms with Crippen LogP contribution in [-0.2, 0) is 4.79 Å². The molecule has 14 heavy (non-hydrogen) atoms. The van der Waals surface area contributed by atoms with Crippen molar-refractivity contribution in [2.24, 2.45) is 11.7 Å². The molecular weight excluding hydrogens is 176 g/mol. The zero-order valence-electron chi connectivity index (χ0n) is 9.68. The summed E-state index contributed by atoms with van der Waals surface area (Å²) in [6.07, 6.45) is 3.65. The van der Waals surface area contributed by atoms with Crippen molar-refractivity contribution < 1.29 is 4.79 Å². The zero-order chi connectivity index (χ0) is 11.0. The Kier molecular flexibility index (Phi) is 7.48. The normalized spacial score (nSPS) is 14.9. The lowest BCUT2D eigenvalue weighted by molar-refractivity contribution is -0.122. The van der Waals surface area contributed by atoms with E-state index in [4.69, 9.17) is 5.73 Å². The van der Waals surface area contributed by atoms with Gasteiger partial charge >= 0.3 is 0 Å². The van der Waals surface area contributed by atoms with E-state index in [0.29, 0.717) is 18.9 Å². The number of carbonyl (C=O) groups is 1. The molecule has 2 unspecified atom stereocenters. The minimum absolute atomic E-state index is 0.170. The van der Waals surface area contributed by atoms with E-state index < -0.39 is 0 Å². The molecule has 0 fully saturated rings. The summed E-state index contributed by atoms with van der Waals surface area (Å²) in [6.45, 7) is 6.94. The Morgan fingerprint density at radius 2 is 2.07 bits per heavy atom. The Morgan fingerprint density at radius 1 is 1.43 bits per heavy atom. The van der Waals surface area contributed by atoms with Crippen LogP contribution in [-0.4, -0.2) is 18.5 Å². The summed E-state index contributed by atoms with van der Waals surface area (Å²) in [4.78, 5) is 11.4. The molecule has 3 heteroatoms. The fourth-order valence-corrected chi connectivity index (χ4v) is 1.29. The van der Waals surface area contributed by atoms with Crippen molar-refractivity contribution in [1.29, 1.82) is 0 Å². The SMILES string of the molecule is CCC(C)CC(=O)NC(C)CCCN. The predicted molar refractivity (Wildman–Crippen MR) is 60.0 cm³/mol. The molecule has 0 saturated carbocycles. The smallest absolute Gasteiger partial charge is 0.220 e. The average molecular weight is 200 g/mol.